The number of β-amino-alcohol motifs (C(OH)–C–C–N with tert-alkyl or cyclic N) is 1. The van der Waals surface area contributed by atoms with E-state index in [9.17, 15) is 14.7 Å². The van der Waals surface area contributed by atoms with Crippen LogP contribution in [0.5, 0.6) is 0 Å². The molecule has 2 amide bonds. The molecule has 0 radical (unpaired) electrons. The summed E-state index contributed by atoms with van der Waals surface area (Å²) in [6.45, 7) is 6.62. The number of methoxy groups -OCH3 is 1. The van der Waals surface area contributed by atoms with E-state index in [2.05, 4.69) is 29.3 Å². The largest absolute Gasteiger partial charge is 0.390 e. The molecule has 0 aromatic heterocycles. The normalized spacial score (nSPS) is 22.8. The number of benzene rings is 2. The molecule has 1 aliphatic carbocycles. The van der Waals surface area contributed by atoms with Gasteiger partial charge in [-0.3, -0.25) is 9.59 Å². The highest BCUT2D eigenvalue weighted by Crippen LogP contribution is 2.45. The number of likely N-dealkylation sites (N-methyl/N-ethyl adjacent to an activating group) is 1. The van der Waals surface area contributed by atoms with Crippen LogP contribution in [0.2, 0.25) is 0 Å². The molecule has 2 N–H and O–H groups in total. The lowest BCUT2D eigenvalue weighted by Gasteiger charge is -2.53. The molecule has 3 aliphatic heterocycles. The highest BCUT2D eigenvalue weighted by Gasteiger charge is 2.47. The van der Waals surface area contributed by atoms with E-state index < -0.39 is 6.10 Å². The Bertz CT molecular complexity index is 1260. The summed E-state index contributed by atoms with van der Waals surface area (Å²) in [5.41, 5.74) is 4.82. The number of carbonyl (C=O) groups excluding carboxylic acids is 2. The van der Waals surface area contributed by atoms with E-state index in [1.807, 2.05) is 29.2 Å². The number of rotatable bonds is 6. The standard InChI is InChI=1S/C32H42N4O4.ClH/c1-3-34-14-15-35(19-29(37)27-16-22-6-4-5-7-24(22)18-33-27)31(39)26-9-8-23(17-28(26)34)30(38)36-20-32(21-36)12-10-25(40-2)11-13-32;/h4-9,17,25,27,29,33,37H,3,10-16,18-21H2,1-2H3;1H. The Morgan fingerprint density at radius 2 is 1.80 bits per heavy atom. The molecule has 3 heterocycles. The fourth-order valence-corrected chi connectivity index (χ4v) is 7.19. The average Bonchev–Trinajstić information content (AvgIpc) is 3.10. The lowest BCUT2D eigenvalue weighted by Crippen LogP contribution is -2.59. The van der Waals surface area contributed by atoms with Gasteiger partial charge in [-0.2, -0.15) is 0 Å². The first-order valence-corrected chi connectivity index (χ1v) is 14.9. The van der Waals surface area contributed by atoms with Crippen molar-refractivity contribution < 1.29 is 19.4 Å². The van der Waals surface area contributed by atoms with Crippen LogP contribution in [-0.2, 0) is 17.7 Å². The summed E-state index contributed by atoms with van der Waals surface area (Å²) >= 11 is 0. The van der Waals surface area contributed by atoms with Crippen LogP contribution in [0.1, 0.15) is 64.4 Å². The Hall–Kier alpha value is -2.65. The Balaban J connectivity index is 0.00000337. The summed E-state index contributed by atoms with van der Waals surface area (Å²) in [5.74, 6) is -0.0380. The van der Waals surface area contributed by atoms with Crippen molar-refractivity contribution in [3.63, 3.8) is 0 Å². The van der Waals surface area contributed by atoms with Gasteiger partial charge in [0.25, 0.3) is 11.8 Å². The highest BCUT2D eigenvalue weighted by atomic mass is 35.5. The van der Waals surface area contributed by atoms with Crippen molar-refractivity contribution in [2.45, 2.75) is 63.8 Å². The number of nitrogens with zero attached hydrogens (tertiary/aromatic N) is 3. The van der Waals surface area contributed by atoms with Gasteiger partial charge >= 0.3 is 0 Å². The monoisotopic (exact) mass is 582 g/mol. The second-order valence-electron chi connectivity index (χ2n) is 12.2. The molecule has 0 bridgehead atoms. The Morgan fingerprint density at radius 3 is 2.51 bits per heavy atom. The number of amides is 2. The van der Waals surface area contributed by atoms with Crippen LogP contribution in [0, 0.1) is 5.41 Å². The predicted octanol–water partition coefficient (Wildman–Crippen LogP) is 3.50. The number of anilines is 1. The Morgan fingerprint density at radius 1 is 1.10 bits per heavy atom. The number of nitrogens with one attached hydrogen (secondary N) is 1. The van der Waals surface area contributed by atoms with Crippen molar-refractivity contribution >= 4 is 29.9 Å². The van der Waals surface area contributed by atoms with E-state index in [1.54, 1.807) is 18.1 Å². The number of aliphatic hydroxyl groups is 1. The number of halogens is 1. The maximum atomic E-state index is 13.7. The second-order valence-corrected chi connectivity index (χ2v) is 12.2. The van der Waals surface area contributed by atoms with E-state index in [-0.39, 0.29) is 42.2 Å². The van der Waals surface area contributed by atoms with Crippen LogP contribution in [0.3, 0.4) is 0 Å². The molecule has 1 saturated carbocycles. The third-order valence-electron chi connectivity index (χ3n) is 9.78. The number of aliphatic hydroxyl groups excluding tert-OH is 1. The van der Waals surface area contributed by atoms with Gasteiger partial charge in [0.2, 0.25) is 0 Å². The first-order valence-electron chi connectivity index (χ1n) is 14.9. The van der Waals surface area contributed by atoms with Gasteiger partial charge < -0.3 is 29.9 Å². The lowest BCUT2D eigenvalue weighted by molar-refractivity contribution is -0.0486. The van der Waals surface area contributed by atoms with E-state index in [0.29, 0.717) is 30.3 Å². The number of hydrogen-bond donors (Lipinski definition) is 2. The predicted molar refractivity (Wildman–Crippen MR) is 162 cm³/mol. The van der Waals surface area contributed by atoms with E-state index >= 15 is 0 Å². The lowest BCUT2D eigenvalue weighted by atomic mass is 9.68. The third kappa shape index (κ3) is 5.85. The molecule has 2 atom stereocenters. The molecule has 1 saturated heterocycles. The van der Waals surface area contributed by atoms with Crippen LogP contribution in [0.25, 0.3) is 0 Å². The molecule has 4 aliphatic rings. The summed E-state index contributed by atoms with van der Waals surface area (Å²) < 4.78 is 5.53. The number of fused-ring (bicyclic) bond motifs is 2. The highest BCUT2D eigenvalue weighted by molar-refractivity contribution is 6.03. The third-order valence-corrected chi connectivity index (χ3v) is 9.78. The van der Waals surface area contributed by atoms with Gasteiger partial charge in [0.1, 0.15) is 0 Å². The first-order chi connectivity index (χ1) is 19.4. The smallest absolute Gasteiger partial charge is 0.256 e. The second kappa shape index (κ2) is 12.3. The van der Waals surface area contributed by atoms with Gasteiger partial charge in [-0.15, -0.1) is 12.4 Å². The van der Waals surface area contributed by atoms with Gasteiger partial charge in [-0.1, -0.05) is 24.3 Å². The fraction of sp³-hybridized carbons (Fsp3) is 0.562. The summed E-state index contributed by atoms with van der Waals surface area (Å²) in [5, 5.41) is 14.6. The van der Waals surface area contributed by atoms with Gasteiger partial charge in [-0.25, -0.2) is 0 Å². The van der Waals surface area contributed by atoms with Crippen LogP contribution < -0.4 is 10.2 Å². The molecule has 2 fully saturated rings. The zero-order valence-corrected chi connectivity index (χ0v) is 25.0. The van der Waals surface area contributed by atoms with E-state index in [1.165, 1.54) is 11.1 Å². The van der Waals surface area contributed by atoms with Crippen molar-refractivity contribution in [3.8, 4) is 0 Å². The molecular formula is C32H43ClN4O4. The maximum absolute atomic E-state index is 13.7. The van der Waals surface area contributed by atoms with E-state index in [4.69, 9.17) is 4.74 Å². The minimum absolute atomic E-state index is 0. The quantitative estimate of drug-likeness (QED) is 0.542. The van der Waals surface area contributed by atoms with E-state index in [0.717, 1.165) is 64.0 Å². The van der Waals surface area contributed by atoms with Crippen molar-refractivity contribution in [1.82, 2.24) is 15.1 Å². The van der Waals surface area contributed by atoms with Crippen molar-refractivity contribution in [1.29, 1.82) is 0 Å². The molecule has 8 nitrogen and oxygen atoms in total. The van der Waals surface area contributed by atoms with Crippen molar-refractivity contribution in [2.24, 2.45) is 5.41 Å². The van der Waals surface area contributed by atoms with Gasteiger partial charge in [0.05, 0.1) is 23.5 Å². The molecule has 41 heavy (non-hydrogen) atoms. The average molecular weight is 583 g/mol. The van der Waals surface area contributed by atoms with Crippen LogP contribution in [-0.4, -0.2) is 91.3 Å². The van der Waals surface area contributed by atoms with Crippen LogP contribution in [0.15, 0.2) is 42.5 Å². The topological polar surface area (TPSA) is 85.3 Å². The summed E-state index contributed by atoms with van der Waals surface area (Å²) in [6, 6.07) is 13.7. The van der Waals surface area contributed by atoms with Crippen LogP contribution >= 0.6 is 12.4 Å². The number of carbonyl (C=O) groups is 2. The fourth-order valence-electron chi connectivity index (χ4n) is 7.19. The number of ether oxygens (including phenoxy) is 1. The molecule has 2 aromatic rings. The summed E-state index contributed by atoms with van der Waals surface area (Å²) in [6.07, 6.45) is 4.79. The minimum atomic E-state index is -0.674. The van der Waals surface area contributed by atoms with Gasteiger partial charge in [-0.05, 0) is 68.4 Å². The van der Waals surface area contributed by atoms with Crippen LogP contribution in [0.4, 0.5) is 5.69 Å². The molecular weight excluding hydrogens is 540 g/mol. The first kappa shape index (κ1) is 29.8. The summed E-state index contributed by atoms with van der Waals surface area (Å²) in [7, 11) is 1.79. The SMILES string of the molecule is CCN1CCN(CC(O)C2Cc3ccccc3CN2)C(=O)c2ccc(C(=O)N3CC4(CCC(OC)CC4)C3)cc21.Cl. The Kier molecular flexibility index (Phi) is 8.95. The molecule has 222 valence electrons. The van der Waals surface area contributed by atoms with Gasteiger partial charge in [0.15, 0.2) is 0 Å². The molecule has 2 unspecified atom stereocenters. The molecule has 1 spiro atoms. The molecule has 9 heteroatoms. The maximum Gasteiger partial charge on any atom is 0.256 e. The Labute approximate surface area is 249 Å². The number of likely N-dealkylation sites (tertiary alicyclic amines) is 1. The summed E-state index contributed by atoms with van der Waals surface area (Å²) in [4.78, 5) is 33.1. The van der Waals surface area contributed by atoms with Gasteiger partial charge in [0, 0.05) is 69.9 Å². The van der Waals surface area contributed by atoms with Crippen molar-refractivity contribution in [3.05, 3.63) is 64.7 Å². The zero-order chi connectivity index (χ0) is 27.9. The molecule has 6 rings (SSSR count). The number of hydrogen-bond acceptors (Lipinski definition) is 6. The minimum Gasteiger partial charge on any atom is -0.390 e. The van der Waals surface area contributed by atoms with Crippen molar-refractivity contribution in [2.75, 3.05) is 51.3 Å². The zero-order valence-electron chi connectivity index (χ0n) is 24.2. The molecule has 2 aromatic carbocycles.